The molecular formula is C17H17FN4O3. The van der Waals surface area contributed by atoms with Crippen LogP contribution in [0.15, 0.2) is 39.9 Å². The van der Waals surface area contributed by atoms with Gasteiger partial charge in [-0.1, -0.05) is 5.16 Å². The van der Waals surface area contributed by atoms with E-state index in [-0.39, 0.29) is 36.3 Å². The second-order valence-corrected chi connectivity index (χ2v) is 5.93. The average Bonchev–Trinajstić information content (AvgIpc) is 2.99. The zero-order chi connectivity index (χ0) is 18.0. The summed E-state index contributed by atoms with van der Waals surface area (Å²) in [6.07, 6.45) is 1.52. The van der Waals surface area contributed by atoms with E-state index in [9.17, 15) is 14.0 Å². The Hall–Kier alpha value is -3.03. The predicted molar refractivity (Wildman–Crippen MR) is 89.4 cm³/mol. The molecule has 1 N–H and O–H groups in total. The first-order chi connectivity index (χ1) is 12.0. The molecule has 0 aliphatic rings. The van der Waals surface area contributed by atoms with Gasteiger partial charge in [0.05, 0.1) is 6.33 Å². The Morgan fingerprint density at radius 2 is 2.04 bits per heavy atom. The second-order valence-electron chi connectivity index (χ2n) is 5.93. The molecule has 3 rings (SSSR count). The predicted octanol–water partition coefficient (Wildman–Crippen LogP) is 2.11. The van der Waals surface area contributed by atoms with Crippen molar-refractivity contribution in [2.24, 2.45) is 0 Å². The van der Waals surface area contributed by atoms with Crippen LogP contribution in [-0.4, -0.2) is 26.7 Å². The number of benzene rings is 1. The molecule has 0 spiro atoms. The minimum atomic E-state index is -0.414. The summed E-state index contributed by atoms with van der Waals surface area (Å²) in [4.78, 5) is 28.4. The number of aromatic nitrogens is 3. The van der Waals surface area contributed by atoms with Crippen LogP contribution in [0.3, 0.4) is 0 Å². The van der Waals surface area contributed by atoms with Gasteiger partial charge in [0.1, 0.15) is 17.0 Å². The number of nitrogens with one attached hydrogen (secondary N) is 1. The van der Waals surface area contributed by atoms with E-state index in [1.165, 1.54) is 35.2 Å². The van der Waals surface area contributed by atoms with Gasteiger partial charge in [0, 0.05) is 24.6 Å². The number of aryl methyl sites for hydroxylation is 1. The van der Waals surface area contributed by atoms with Crippen LogP contribution in [0.25, 0.3) is 22.4 Å². The monoisotopic (exact) mass is 344 g/mol. The fourth-order valence-electron chi connectivity index (χ4n) is 2.43. The maximum absolute atomic E-state index is 13.0. The van der Waals surface area contributed by atoms with E-state index < -0.39 is 5.56 Å². The molecule has 0 radical (unpaired) electrons. The summed E-state index contributed by atoms with van der Waals surface area (Å²) in [5.41, 5.74) is 0.867. The number of hydrogen-bond donors (Lipinski definition) is 1. The van der Waals surface area contributed by atoms with E-state index in [0.29, 0.717) is 16.8 Å². The van der Waals surface area contributed by atoms with E-state index in [1.807, 2.05) is 13.8 Å². The van der Waals surface area contributed by atoms with Crippen LogP contribution < -0.4 is 10.9 Å². The highest BCUT2D eigenvalue weighted by Crippen LogP contribution is 2.24. The highest BCUT2D eigenvalue weighted by molar-refractivity contribution is 5.87. The van der Waals surface area contributed by atoms with Crippen molar-refractivity contribution in [1.29, 1.82) is 0 Å². The van der Waals surface area contributed by atoms with E-state index in [2.05, 4.69) is 15.5 Å². The van der Waals surface area contributed by atoms with Gasteiger partial charge in [-0.15, -0.1) is 0 Å². The molecule has 25 heavy (non-hydrogen) atoms. The van der Waals surface area contributed by atoms with Gasteiger partial charge in [-0.3, -0.25) is 14.2 Å². The Bertz CT molecular complexity index is 960. The third-order valence-corrected chi connectivity index (χ3v) is 3.60. The molecule has 1 amide bonds. The number of nitrogens with zero attached hydrogens (tertiary/aromatic N) is 3. The van der Waals surface area contributed by atoms with Crippen molar-refractivity contribution in [3.8, 4) is 11.3 Å². The summed E-state index contributed by atoms with van der Waals surface area (Å²) in [6, 6.07) is 5.71. The molecule has 130 valence electrons. The Kier molecular flexibility index (Phi) is 4.60. The van der Waals surface area contributed by atoms with Gasteiger partial charge in [0.25, 0.3) is 11.1 Å². The van der Waals surface area contributed by atoms with Gasteiger partial charge in [-0.2, -0.15) is 0 Å². The molecular weight excluding hydrogens is 327 g/mol. The van der Waals surface area contributed by atoms with Crippen molar-refractivity contribution < 1.29 is 13.7 Å². The maximum atomic E-state index is 13.0. The molecule has 0 saturated heterocycles. The fraction of sp³-hybridized carbons (Fsp3) is 0.294. The van der Waals surface area contributed by atoms with Gasteiger partial charge < -0.3 is 9.84 Å². The SMILES string of the molecule is CC(C)NC(=O)CCn1cnc2c(-c3ccc(F)cc3)noc2c1=O. The van der Waals surface area contributed by atoms with Crippen molar-refractivity contribution in [3.63, 3.8) is 0 Å². The molecule has 1 aromatic carbocycles. The molecule has 3 aromatic rings. The van der Waals surface area contributed by atoms with Crippen LogP contribution >= 0.6 is 0 Å². The molecule has 0 fully saturated rings. The number of halogens is 1. The largest absolute Gasteiger partial charge is 0.354 e. The lowest BCUT2D eigenvalue weighted by molar-refractivity contribution is -0.121. The minimum Gasteiger partial charge on any atom is -0.354 e. The Balaban J connectivity index is 1.88. The van der Waals surface area contributed by atoms with Crippen molar-refractivity contribution in [2.75, 3.05) is 0 Å². The lowest BCUT2D eigenvalue weighted by Crippen LogP contribution is -2.32. The summed E-state index contributed by atoms with van der Waals surface area (Å²) in [7, 11) is 0. The number of carbonyl (C=O) groups is 1. The summed E-state index contributed by atoms with van der Waals surface area (Å²) < 4.78 is 19.5. The zero-order valence-corrected chi connectivity index (χ0v) is 13.8. The quantitative estimate of drug-likeness (QED) is 0.765. The molecule has 2 heterocycles. The summed E-state index contributed by atoms with van der Waals surface area (Å²) in [5.74, 6) is -0.516. The van der Waals surface area contributed by atoms with Crippen LogP contribution in [0.2, 0.25) is 0 Å². The number of hydrogen-bond acceptors (Lipinski definition) is 5. The average molecular weight is 344 g/mol. The summed E-state index contributed by atoms with van der Waals surface area (Å²) in [6.45, 7) is 3.92. The summed E-state index contributed by atoms with van der Waals surface area (Å²) in [5, 5.41) is 6.64. The molecule has 0 unspecified atom stereocenters. The summed E-state index contributed by atoms with van der Waals surface area (Å²) >= 11 is 0. The Morgan fingerprint density at radius 1 is 1.32 bits per heavy atom. The zero-order valence-electron chi connectivity index (χ0n) is 13.8. The molecule has 8 heteroatoms. The normalized spacial score (nSPS) is 11.2. The van der Waals surface area contributed by atoms with Gasteiger partial charge in [-0.25, -0.2) is 9.37 Å². The van der Waals surface area contributed by atoms with Crippen molar-refractivity contribution >= 4 is 17.0 Å². The van der Waals surface area contributed by atoms with Crippen LogP contribution in [0.4, 0.5) is 4.39 Å². The van der Waals surface area contributed by atoms with Crippen LogP contribution in [0, 0.1) is 5.82 Å². The van der Waals surface area contributed by atoms with Crippen molar-refractivity contribution in [2.45, 2.75) is 32.9 Å². The first-order valence-corrected chi connectivity index (χ1v) is 7.86. The molecule has 0 bridgehead atoms. The van der Waals surface area contributed by atoms with Gasteiger partial charge in [-0.05, 0) is 38.1 Å². The van der Waals surface area contributed by atoms with Crippen LogP contribution in [0.5, 0.6) is 0 Å². The first kappa shape index (κ1) is 16.8. The third kappa shape index (κ3) is 3.57. The van der Waals surface area contributed by atoms with Gasteiger partial charge in [0.15, 0.2) is 0 Å². The second kappa shape index (κ2) is 6.84. The molecule has 0 aliphatic carbocycles. The smallest absolute Gasteiger partial charge is 0.299 e. The number of rotatable bonds is 5. The molecule has 7 nitrogen and oxygen atoms in total. The maximum Gasteiger partial charge on any atom is 0.299 e. The number of carbonyl (C=O) groups excluding carboxylic acids is 1. The topological polar surface area (TPSA) is 90.0 Å². The molecule has 0 saturated carbocycles. The first-order valence-electron chi connectivity index (χ1n) is 7.86. The van der Waals surface area contributed by atoms with Gasteiger partial charge >= 0.3 is 0 Å². The van der Waals surface area contributed by atoms with E-state index >= 15 is 0 Å². The van der Waals surface area contributed by atoms with Crippen LogP contribution in [-0.2, 0) is 11.3 Å². The fourth-order valence-corrected chi connectivity index (χ4v) is 2.43. The number of fused-ring (bicyclic) bond motifs is 1. The Labute approximate surface area is 142 Å². The Morgan fingerprint density at radius 3 is 2.72 bits per heavy atom. The van der Waals surface area contributed by atoms with Gasteiger partial charge in [0.2, 0.25) is 5.91 Å². The molecule has 0 atom stereocenters. The van der Waals surface area contributed by atoms with E-state index in [1.54, 1.807) is 0 Å². The minimum absolute atomic E-state index is 0.00564. The standard InChI is InChI=1S/C17H17FN4O3/c1-10(2)20-13(23)7-8-22-9-19-15-14(21-25-16(15)17(22)24)11-3-5-12(18)6-4-11/h3-6,9-10H,7-8H2,1-2H3,(H,20,23). The van der Waals surface area contributed by atoms with Crippen molar-refractivity contribution in [3.05, 3.63) is 46.8 Å². The lowest BCUT2D eigenvalue weighted by atomic mass is 10.1. The van der Waals surface area contributed by atoms with Crippen LogP contribution in [0.1, 0.15) is 20.3 Å². The van der Waals surface area contributed by atoms with Crippen molar-refractivity contribution in [1.82, 2.24) is 20.0 Å². The number of amides is 1. The molecule has 2 aromatic heterocycles. The lowest BCUT2D eigenvalue weighted by Gasteiger charge is -2.08. The highest BCUT2D eigenvalue weighted by Gasteiger charge is 2.16. The third-order valence-electron chi connectivity index (χ3n) is 3.60. The van der Waals surface area contributed by atoms with E-state index in [4.69, 9.17) is 4.52 Å². The molecule has 0 aliphatic heterocycles. The highest BCUT2D eigenvalue weighted by atomic mass is 19.1. The van der Waals surface area contributed by atoms with E-state index in [0.717, 1.165) is 0 Å².